The molecule has 0 bridgehead atoms. The Bertz CT molecular complexity index is 998. The summed E-state index contributed by atoms with van der Waals surface area (Å²) in [7, 11) is 0. The largest absolute Gasteiger partial charge is 1.00 e. The van der Waals surface area contributed by atoms with E-state index in [0.29, 0.717) is 9.04 Å². The first kappa shape index (κ1) is 29.9. The molecule has 1 unspecified atom stereocenters. The van der Waals surface area contributed by atoms with Gasteiger partial charge in [0.05, 0.1) is 0 Å². The van der Waals surface area contributed by atoms with Gasteiger partial charge >= 0.3 is 213 Å². The Hall–Kier alpha value is -0.357. The molecule has 34 heavy (non-hydrogen) atoms. The molecule has 2 aromatic carbocycles. The SMILES string of the molecule is CC1(CC2=Cc3c(-c4cc(C(C)(C)C)cc(C(C)(C)C)c4)cccc3[CH]2[Zr+2])CCCCC1.[Cl-].[Cl-]. The second kappa shape index (κ2) is 10.9. The van der Waals surface area contributed by atoms with Crippen molar-refractivity contribution in [2.24, 2.45) is 5.41 Å². The van der Waals surface area contributed by atoms with Gasteiger partial charge in [-0.05, 0) is 0 Å². The minimum Gasteiger partial charge on any atom is -1.00 e. The van der Waals surface area contributed by atoms with Crippen molar-refractivity contribution in [3.63, 3.8) is 0 Å². The van der Waals surface area contributed by atoms with Gasteiger partial charge in [-0.25, -0.2) is 0 Å². The fraction of sp³-hybridized carbons (Fsp3) is 0.548. The Kier molecular flexibility index (Phi) is 9.62. The van der Waals surface area contributed by atoms with Crippen LogP contribution in [-0.2, 0) is 35.5 Å². The molecule has 0 aromatic heterocycles. The smallest absolute Gasteiger partial charge is 1.00 e. The molecule has 0 aliphatic heterocycles. The Labute approximate surface area is 236 Å². The van der Waals surface area contributed by atoms with E-state index < -0.39 is 0 Å². The van der Waals surface area contributed by atoms with Gasteiger partial charge in [0, 0.05) is 0 Å². The zero-order valence-electron chi connectivity index (χ0n) is 22.1. The molecule has 0 heterocycles. The molecular weight excluding hydrogens is 534 g/mol. The predicted molar refractivity (Wildman–Crippen MR) is 136 cm³/mol. The van der Waals surface area contributed by atoms with Crippen LogP contribution < -0.4 is 24.8 Å². The molecule has 0 saturated heterocycles. The van der Waals surface area contributed by atoms with Gasteiger partial charge in [0.1, 0.15) is 0 Å². The van der Waals surface area contributed by atoms with Gasteiger partial charge in [-0.1, -0.05) is 0 Å². The van der Waals surface area contributed by atoms with E-state index in [4.69, 9.17) is 0 Å². The first-order chi connectivity index (χ1) is 14.9. The van der Waals surface area contributed by atoms with Gasteiger partial charge in [0.25, 0.3) is 0 Å². The number of benzene rings is 2. The summed E-state index contributed by atoms with van der Waals surface area (Å²) in [6.45, 7) is 16.6. The summed E-state index contributed by atoms with van der Waals surface area (Å²) in [6, 6.07) is 14.4. The molecule has 0 amide bonds. The van der Waals surface area contributed by atoms with Crippen LogP contribution in [0.15, 0.2) is 42.0 Å². The van der Waals surface area contributed by atoms with Crippen molar-refractivity contribution in [3.8, 4) is 11.1 Å². The van der Waals surface area contributed by atoms with Crippen LogP contribution in [0.4, 0.5) is 0 Å². The van der Waals surface area contributed by atoms with Gasteiger partial charge < -0.3 is 24.8 Å². The zero-order chi connectivity index (χ0) is 23.3. The zero-order valence-corrected chi connectivity index (χ0v) is 26.1. The maximum atomic E-state index is 2.59. The van der Waals surface area contributed by atoms with Crippen LogP contribution in [0.5, 0.6) is 0 Å². The molecular formula is C31H41Cl2Zr. The van der Waals surface area contributed by atoms with Crippen LogP contribution >= 0.6 is 0 Å². The van der Waals surface area contributed by atoms with E-state index >= 15 is 0 Å². The molecule has 0 nitrogen and oxygen atoms in total. The van der Waals surface area contributed by atoms with Gasteiger partial charge in [0.2, 0.25) is 0 Å². The van der Waals surface area contributed by atoms with Crippen LogP contribution in [0.25, 0.3) is 17.2 Å². The number of rotatable bonds is 3. The number of fused-ring (bicyclic) bond motifs is 1. The molecule has 1 fully saturated rings. The van der Waals surface area contributed by atoms with Crippen molar-refractivity contribution >= 4 is 6.08 Å². The quantitative estimate of drug-likeness (QED) is 0.527. The summed E-state index contributed by atoms with van der Waals surface area (Å²) in [5.41, 5.74) is 11.2. The summed E-state index contributed by atoms with van der Waals surface area (Å²) in [6.07, 6.45) is 10.9. The maximum Gasteiger partial charge on any atom is -1.00 e. The van der Waals surface area contributed by atoms with E-state index in [0.717, 1.165) is 0 Å². The number of allylic oxidation sites excluding steroid dienone is 1. The van der Waals surface area contributed by atoms with Crippen molar-refractivity contribution in [1.29, 1.82) is 0 Å². The van der Waals surface area contributed by atoms with Crippen LogP contribution in [0.3, 0.4) is 0 Å². The molecule has 4 rings (SSSR count). The Morgan fingerprint density at radius 1 is 0.853 bits per heavy atom. The molecule has 2 aliphatic rings. The number of hydrogen-bond acceptors (Lipinski definition) is 0. The molecule has 3 heteroatoms. The van der Waals surface area contributed by atoms with Gasteiger partial charge in [0.15, 0.2) is 0 Å². The Morgan fingerprint density at radius 2 is 1.41 bits per heavy atom. The van der Waals surface area contributed by atoms with Gasteiger partial charge in [-0.2, -0.15) is 0 Å². The van der Waals surface area contributed by atoms with E-state index in [1.54, 1.807) is 35.9 Å². The Morgan fingerprint density at radius 3 is 1.94 bits per heavy atom. The van der Waals surface area contributed by atoms with Gasteiger partial charge in [-0.15, -0.1) is 0 Å². The van der Waals surface area contributed by atoms with E-state index in [1.807, 2.05) is 0 Å². The second-order valence-electron chi connectivity index (χ2n) is 12.8. The first-order valence-corrected chi connectivity index (χ1v) is 14.0. The molecule has 0 radical (unpaired) electrons. The van der Waals surface area contributed by atoms with Crippen molar-refractivity contribution in [1.82, 2.24) is 0 Å². The maximum absolute atomic E-state index is 2.59. The summed E-state index contributed by atoms with van der Waals surface area (Å²) in [5.74, 6) is 0. The van der Waals surface area contributed by atoms with E-state index in [2.05, 4.69) is 90.9 Å². The topological polar surface area (TPSA) is 0 Å². The molecule has 1 atom stereocenters. The summed E-state index contributed by atoms with van der Waals surface area (Å²) >= 11 is 1.64. The summed E-state index contributed by atoms with van der Waals surface area (Å²) in [4.78, 5) is 0. The van der Waals surface area contributed by atoms with Crippen molar-refractivity contribution in [2.75, 3.05) is 0 Å². The van der Waals surface area contributed by atoms with Crippen molar-refractivity contribution < 1.29 is 49.5 Å². The fourth-order valence-corrected chi connectivity index (χ4v) is 6.67. The summed E-state index contributed by atoms with van der Waals surface area (Å²) < 4.78 is 0.629. The van der Waals surface area contributed by atoms with Crippen molar-refractivity contribution in [2.45, 2.75) is 101 Å². The minimum atomic E-state index is 0. The average Bonchev–Trinajstić information content (AvgIpc) is 3.02. The average molecular weight is 576 g/mol. The first-order valence-electron chi connectivity index (χ1n) is 12.6. The standard InChI is InChI=1S/C31H41.2ClH.Zr/c1-29(2,3)25-18-24(19-26(20-25)30(4,5)6)27-13-11-12-23-16-22(17-28(23)27)21-31(7)14-9-8-10-15-31;;;/h11-13,16-20H,8-10,14-15,21H2,1-7H3;2*1H;/q;;;+2/p-2. The Balaban J connectivity index is 0.00000204. The molecule has 0 spiro atoms. The third-order valence-electron chi connectivity index (χ3n) is 7.82. The van der Waals surface area contributed by atoms with Crippen LogP contribution in [0.1, 0.15) is 113 Å². The van der Waals surface area contributed by atoms with Crippen molar-refractivity contribution in [3.05, 3.63) is 64.2 Å². The van der Waals surface area contributed by atoms with E-state index in [9.17, 15) is 0 Å². The predicted octanol–water partition coefficient (Wildman–Crippen LogP) is 3.30. The number of halogens is 2. The monoisotopic (exact) mass is 573 g/mol. The fourth-order valence-electron chi connectivity index (χ4n) is 5.59. The normalized spacial score (nSPS) is 19.6. The molecule has 1 saturated carbocycles. The second-order valence-corrected chi connectivity index (χ2v) is 14.2. The minimum absolute atomic E-state index is 0. The van der Waals surface area contributed by atoms with Crippen LogP contribution in [0, 0.1) is 5.41 Å². The third-order valence-corrected chi connectivity index (χ3v) is 9.49. The molecule has 2 aliphatic carbocycles. The van der Waals surface area contributed by atoms with Crippen LogP contribution in [0.2, 0.25) is 0 Å². The third kappa shape index (κ3) is 6.31. The molecule has 0 N–H and O–H groups in total. The molecule has 183 valence electrons. The molecule has 2 aromatic rings. The summed E-state index contributed by atoms with van der Waals surface area (Å²) in [5, 5.41) is 0. The number of hydrogen-bond donors (Lipinski definition) is 0. The van der Waals surface area contributed by atoms with E-state index in [-0.39, 0.29) is 35.6 Å². The van der Waals surface area contributed by atoms with Gasteiger partial charge in [-0.3, -0.25) is 0 Å². The van der Waals surface area contributed by atoms with E-state index in [1.165, 1.54) is 66.3 Å². The van der Waals surface area contributed by atoms with Crippen LogP contribution in [-0.4, -0.2) is 0 Å².